The molecule has 0 saturated heterocycles. The van der Waals surface area contributed by atoms with Crippen molar-refractivity contribution in [2.75, 3.05) is 11.9 Å². The van der Waals surface area contributed by atoms with Crippen LogP contribution in [0.5, 0.6) is 0 Å². The fraction of sp³-hybridized carbons (Fsp3) is 0.136. The fourth-order valence-electron chi connectivity index (χ4n) is 3.03. The summed E-state index contributed by atoms with van der Waals surface area (Å²) in [4.78, 5) is 12.6. The molecule has 34 heavy (non-hydrogen) atoms. The molecule has 0 radical (unpaired) electrons. The highest BCUT2D eigenvalue weighted by Crippen LogP contribution is 2.36. The first-order valence-corrected chi connectivity index (χ1v) is 12.1. The molecule has 180 valence electrons. The predicted octanol–water partition coefficient (Wildman–Crippen LogP) is 6.50. The number of carbonyl (C=O) groups excluding carboxylic acids is 1. The van der Waals surface area contributed by atoms with Gasteiger partial charge in [-0.3, -0.25) is 4.79 Å². The molecular weight excluding hydrogens is 536 g/mol. The number of rotatable bonds is 7. The van der Waals surface area contributed by atoms with Gasteiger partial charge in [0.2, 0.25) is 15.9 Å². The minimum atomic E-state index is -4.79. The molecule has 0 unspecified atom stereocenters. The number of hydrogen-bond donors (Lipinski definition) is 1. The number of hydrogen-bond acceptors (Lipinski definition) is 3. The van der Waals surface area contributed by atoms with E-state index in [4.69, 9.17) is 34.8 Å². The first-order chi connectivity index (χ1) is 15.9. The summed E-state index contributed by atoms with van der Waals surface area (Å²) in [6, 6.07) is 14.4. The van der Waals surface area contributed by atoms with Crippen LogP contribution in [-0.4, -0.2) is 25.2 Å². The number of alkyl halides is 3. The Morgan fingerprint density at radius 1 is 0.882 bits per heavy atom. The van der Waals surface area contributed by atoms with Gasteiger partial charge in [0, 0.05) is 21.6 Å². The van der Waals surface area contributed by atoms with E-state index in [1.54, 1.807) is 18.2 Å². The molecule has 0 spiro atoms. The number of anilines is 1. The van der Waals surface area contributed by atoms with Crippen molar-refractivity contribution in [2.24, 2.45) is 0 Å². The van der Waals surface area contributed by atoms with Gasteiger partial charge in [-0.1, -0.05) is 46.9 Å². The van der Waals surface area contributed by atoms with Crippen LogP contribution in [0.15, 0.2) is 71.6 Å². The van der Waals surface area contributed by atoms with Crippen molar-refractivity contribution >= 4 is 56.4 Å². The molecule has 0 bridgehead atoms. The lowest BCUT2D eigenvalue weighted by Crippen LogP contribution is -2.37. The van der Waals surface area contributed by atoms with Gasteiger partial charge in [-0.2, -0.15) is 17.5 Å². The molecule has 1 amide bonds. The number of nitrogens with one attached hydrogen (secondary N) is 1. The SMILES string of the molecule is O=C(CN(Cc1cccc(Cl)c1)S(=O)(=O)c1ccc(Cl)cc1)Nc1ccc(Cl)cc1C(F)(F)F. The Kier molecular flexibility index (Phi) is 8.15. The van der Waals surface area contributed by atoms with Crippen molar-refractivity contribution in [1.82, 2.24) is 4.31 Å². The Bertz CT molecular complexity index is 1300. The number of halogens is 6. The highest BCUT2D eigenvalue weighted by Gasteiger charge is 2.35. The molecule has 0 aliphatic heterocycles. The molecule has 12 heteroatoms. The van der Waals surface area contributed by atoms with Crippen LogP contribution in [0.25, 0.3) is 0 Å². The van der Waals surface area contributed by atoms with E-state index in [9.17, 15) is 26.4 Å². The summed E-state index contributed by atoms with van der Waals surface area (Å²) in [5.41, 5.74) is -1.23. The normalized spacial score (nSPS) is 12.1. The quantitative estimate of drug-likeness (QED) is 0.365. The summed E-state index contributed by atoms with van der Waals surface area (Å²) in [7, 11) is -4.23. The molecule has 0 atom stereocenters. The van der Waals surface area contributed by atoms with Gasteiger partial charge in [0.1, 0.15) is 0 Å². The van der Waals surface area contributed by atoms with E-state index in [1.807, 2.05) is 0 Å². The van der Waals surface area contributed by atoms with Crippen molar-refractivity contribution in [1.29, 1.82) is 0 Å². The molecule has 0 aliphatic carbocycles. The summed E-state index contributed by atoms with van der Waals surface area (Å²) in [6.07, 6.45) is -4.79. The predicted molar refractivity (Wildman–Crippen MR) is 126 cm³/mol. The Hall–Kier alpha value is -2.30. The van der Waals surface area contributed by atoms with E-state index in [2.05, 4.69) is 5.32 Å². The number of sulfonamides is 1. The van der Waals surface area contributed by atoms with Crippen LogP contribution in [0.3, 0.4) is 0 Å². The Labute approximate surface area is 209 Å². The van der Waals surface area contributed by atoms with E-state index >= 15 is 0 Å². The van der Waals surface area contributed by atoms with E-state index < -0.39 is 39.9 Å². The molecule has 0 aliphatic rings. The van der Waals surface area contributed by atoms with Crippen LogP contribution in [0, 0.1) is 0 Å². The van der Waals surface area contributed by atoms with E-state index in [0.717, 1.165) is 10.4 Å². The monoisotopic (exact) mass is 550 g/mol. The molecule has 0 heterocycles. The van der Waals surface area contributed by atoms with Crippen molar-refractivity contribution in [2.45, 2.75) is 17.6 Å². The van der Waals surface area contributed by atoms with Crippen molar-refractivity contribution in [3.63, 3.8) is 0 Å². The zero-order valence-electron chi connectivity index (χ0n) is 17.1. The van der Waals surface area contributed by atoms with Gasteiger partial charge in [-0.25, -0.2) is 8.42 Å². The second kappa shape index (κ2) is 10.5. The summed E-state index contributed by atoms with van der Waals surface area (Å²) < 4.78 is 67.5. The van der Waals surface area contributed by atoms with Crippen LogP contribution in [0.2, 0.25) is 15.1 Å². The molecule has 0 aromatic heterocycles. The average molecular weight is 552 g/mol. The van der Waals surface area contributed by atoms with Crippen LogP contribution in [0.4, 0.5) is 18.9 Å². The molecule has 0 saturated carbocycles. The van der Waals surface area contributed by atoms with Gasteiger partial charge in [-0.05, 0) is 60.2 Å². The third-order valence-electron chi connectivity index (χ3n) is 4.58. The van der Waals surface area contributed by atoms with Gasteiger partial charge in [0.25, 0.3) is 0 Å². The number of nitrogens with zero attached hydrogens (tertiary/aromatic N) is 1. The Morgan fingerprint density at radius 3 is 2.12 bits per heavy atom. The smallest absolute Gasteiger partial charge is 0.324 e. The van der Waals surface area contributed by atoms with Gasteiger partial charge < -0.3 is 5.32 Å². The first kappa shape index (κ1) is 26.3. The zero-order valence-corrected chi connectivity index (χ0v) is 20.2. The largest absolute Gasteiger partial charge is 0.418 e. The van der Waals surface area contributed by atoms with Crippen LogP contribution in [-0.2, 0) is 27.5 Å². The minimum Gasteiger partial charge on any atom is -0.324 e. The standard InChI is InChI=1S/C22H16Cl3F3N2O3S/c23-15-4-7-18(8-5-15)34(32,33)30(12-14-2-1-3-16(24)10-14)13-21(31)29-20-9-6-17(25)11-19(20)22(26,27)28/h1-11H,12-13H2,(H,29,31). The molecular formula is C22H16Cl3F3N2O3S. The van der Waals surface area contributed by atoms with Crippen molar-refractivity contribution < 1.29 is 26.4 Å². The highest BCUT2D eigenvalue weighted by molar-refractivity contribution is 7.89. The number of carbonyl (C=O) groups is 1. The maximum Gasteiger partial charge on any atom is 0.418 e. The topological polar surface area (TPSA) is 66.5 Å². The van der Waals surface area contributed by atoms with Crippen LogP contribution >= 0.6 is 34.8 Å². The van der Waals surface area contributed by atoms with Crippen molar-refractivity contribution in [3.8, 4) is 0 Å². The summed E-state index contributed by atoms with van der Waals surface area (Å²) in [5.74, 6) is -0.979. The van der Waals surface area contributed by atoms with Gasteiger partial charge in [0.15, 0.2) is 0 Å². The summed E-state index contributed by atoms with van der Waals surface area (Å²) in [5, 5.41) is 2.62. The van der Waals surface area contributed by atoms with Gasteiger partial charge >= 0.3 is 6.18 Å². The fourth-order valence-corrected chi connectivity index (χ4v) is 4.93. The van der Waals surface area contributed by atoms with Crippen LogP contribution < -0.4 is 5.32 Å². The molecule has 3 aromatic carbocycles. The highest BCUT2D eigenvalue weighted by atomic mass is 35.5. The lowest BCUT2D eigenvalue weighted by molar-refractivity contribution is -0.137. The molecule has 3 rings (SSSR count). The van der Waals surface area contributed by atoms with Crippen LogP contribution in [0.1, 0.15) is 11.1 Å². The second-order valence-electron chi connectivity index (χ2n) is 7.09. The lowest BCUT2D eigenvalue weighted by Gasteiger charge is -2.23. The number of amides is 1. The first-order valence-electron chi connectivity index (χ1n) is 9.53. The van der Waals surface area contributed by atoms with Gasteiger partial charge in [0.05, 0.1) is 22.7 Å². The zero-order chi connectivity index (χ0) is 25.1. The van der Waals surface area contributed by atoms with E-state index in [-0.39, 0.29) is 16.5 Å². The van der Waals surface area contributed by atoms with Gasteiger partial charge in [-0.15, -0.1) is 0 Å². The maximum atomic E-state index is 13.4. The Balaban J connectivity index is 1.93. The summed E-state index contributed by atoms with van der Waals surface area (Å²) in [6.45, 7) is -1.02. The molecule has 1 N–H and O–H groups in total. The second-order valence-corrected chi connectivity index (χ2v) is 10.3. The third-order valence-corrected chi connectivity index (χ3v) is 7.11. The number of benzene rings is 3. The average Bonchev–Trinajstić information content (AvgIpc) is 2.74. The van der Waals surface area contributed by atoms with E-state index in [0.29, 0.717) is 21.7 Å². The Morgan fingerprint density at radius 2 is 1.50 bits per heavy atom. The third kappa shape index (κ3) is 6.64. The molecule has 3 aromatic rings. The van der Waals surface area contributed by atoms with E-state index in [1.165, 1.54) is 36.4 Å². The maximum absolute atomic E-state index is 13.4. The lowest BCUT2D eigenvalue weighted by atomic mass is 10.1. The molecule has 5 nitrogen and oxygen atoms in total. The molecule has 0 fully saturated rings. The minimum absolute atomic E-state index is 0.144. The van der Waals surface area contributed by atoms with Crippen molar-refractivity contribution in [3.05, 3.63) is 92.9 Å². The summed E-state index contributed by atoms with van der Waals surface area (Å²) >= 11 is 17.5.